The number of thiophene rings is 1. The second-order valence-electron chi connectivity index (χ2n) is 23.8. The van der Waals surface area contributed by atoms with Crippen molar-refractivity contribution in [1.29, 1.82) is 0 Å². The van der Waals surface area contributed by atoms with Gasteiger partial charge < -0.3 is 13.8 Å². The lowest BCUT2D eigenvalue weighted by Crippen LogP contribution is -2.60. The Hall–Kier alpha value is -6.56. The molecule has 0 atom stereocenters. The van der Waals surface area contributed by atoms with Crippen LogP contribution in [0.2, 0.25) is 0 Å². The molecule has 1 aliphatic carbocycles. The fourth-order valence-corrected chi connectivity index (χ4v) is 13.8. The summed E-state index contributed by atoms with van der Waals surface area (Å²) in [6.45, 7) is 25.6. The molecule has 3 aromatic heterocycles. The van der Waals surface area contributed by atoms with Crippen molar-refractivity contribution >= 4 is 104 Å². The zero-order chi connectivity index (χ0) is 46.7. The van der Waals surface area contributed by atoms with Gasteiger partial charge in [-0.2, -0.15) is 0 Å². The van der Waals surface area contributed by atoms with Crippen LogP contribution in [0.15, 0.2) is 138 Å². The topological polar surface area (TPSA) is 21.3 Å². The molecule has 11 aromatic rings. The maximum Gasteiger partial charge on any atom is 0.333 e. The summed E-state index contributed by atoms with van der Waals surface area (Å²) in [4.78, 5) is 2.72. The van der Waals surface area contributed by atoms with Crippen molar-refractivity contribution in [3.05, 3.63) is 161 Å². The standard InChI is InChI=1S/C63H55BN2OS/c1-60(2,3)34-20-24-37(25-21-34)66-49-31-42-41-28-36(62(7,8)9)23-27-51(41)67-52(42)32-44(49)54-55-39-17-13-15-19-53(39)68-59(55)56-43-29-35(61(4,5)6)22-26-48(43)65-50-33-46-40(30-47(50)64(66)57(54)58(56)65)38-16-12-14-18-45(38)63(46,10)11/h12-33H,1-11H3. The summed E-state index contributed by atoms with van der Waals surface area (Å²) < 4.78 is 12.3. The molecule has 0 spiro atoms. The SMILES string of the molecule is CC(C)(C)c1ccc(N2B3c4cc5c(cc4-n4c6ccc(C(C)(C)C)cc6c6c7sc8ccccc8c7c(c3c64)-c3cc4oc6ccc(C(C)(C)C)cc6c4cc32)C(C)(C)c2ccccc2-5)cc1. The average molecular weight is 899 g/mol. The summed E-state index contributed by atoms with van der Waals surface area (Å²) >= 11 is 1.96. The number of furan rings is 1. The number of hydrogen-bond acceptors (Lipinski definition) is 3. The first kappa shape index (κ1) is 40.5. The third-order valence-electron chi connectivity index (χ3n) is 16.2. The van der Waals surface area contributed by atoms with E-state index >= 15 is 0 Å². The molecule has 0 N–H and O–H groups in total. The zero-order valence-corrected chi connectivity index (χ0v) is 41.8. The Kier molecular flexibility index (Phi) is 7.71. The third-order valence-corrected chi connectivity index (χ3v) is 17.4. The molecule has 3 nitrogen and oxygen atoms in total. The van der Waals surface area contributed by atoms with Crippen molar-refractivity contribution in [2.24, 2.45) is 0 Å². The Morgan fingerprint density at radius 2 is 1.19 bits per heavy atom. The van der Waals surface area contributed by atoms with Gasteiger partial charge in [0.2, 0.25) is 0 Å². The molecule has 5 heterocycles. The van der Waals surface area contributed by atoms with Gasteiger partial charge in [0.15, 0.2) is 0 Å². The molecule has 0 bridgehead atoms. The maximum atomic E-state index is 6.96. The molecule has 0 saturated carbocycles. The molecule has 332 valence electrons. The van der Waals surface area contributed by atoms with E-state index in [2.05, 4.69) is 219 Å². The summed E-state index contributed by atoms with van der Waals surface area (Å²) in [7, 11) is 0. The predicted octanol–water partition coefficient (Wildman–Crippen LogP) is 16.5. The molecule has 68 heavy (non-hydrogen) atoms. The van der Waals surface area contributed by atoms with Crippen LogP contribution in [0.1, 0.15) is 104 Å². The van der Waals surface area contributed by atoms with Crippen molar-refractivity contribution in [2.75, 3.05) is 4.81 Å². The predicted molar refractivity (Wildman–Crippen MR) is 294 cm³/mol. The van der Waals surface area contributed by atoms with E-state index in [1.54, 1.807) is 0 Å². The van der Waals surface area contributed by atoms with E-state index in [0.29, 0.717) is 0 Å². The van der Waals surface area contributed by atoms with Crippen molar-refractivity contribution in [1.82, 2.24) is 4.57 Å². The summed E-state index contributed by atoms with van der Waals surface area (Å²) in [5, 5.41) is 7.68. The van der Waals surface area contributed by atoms with Gasteiger partial charge in [0.25, 0.3) is 0 Å². The highest BCUT2D eigenvalue weighted by Crippen LogP contribution is 2.56. The lowest BCUT2D eigenvalue weighted by molar-refractivity contribution is 0.590. The molecule has 0 radical (unpaired) electrons. The van der Waals surface area contributed by atoms with Crippen molar-refractivity contribution in [3.63, 3.8) is 0 Å². The largest absolute Gasteiger partial charge is 0.456 e. The second-order valence-corrected chi connectivity index (χ2v) is 24.8. The van der Waals surface area contributed by atoms with Gasteiger partial charge in [-0.3, -0.25) is 0 Å². The lowest BCUT2D eigenvalue weighted by atomic mass is 9.43. The van der Waals surface area contributed by atoms with Gasteiger partial charge in [0, 0.05) is 69.8 Å². The van der Waals surface area contributed by atoms with Crippen LogP contribution in [0.5, 0.6) is 0 Å². The van der Waals surface area contributed by atoms with Gasteiger partial charge in [0.1, 0.15) is 11.2 Å². The van der Waals surface area contributed by atoms with E-state index < -0.39 is 0 Å². The number of fused-ring (bicyclic) bond motifs is 19. The number of rotatable bonds is 1. The van der Waals surface area contributed by atoms with Gasteiger partial charge in [-0.15, -0.1) is 11.3 Å². The first-order chi connectivity index (χ1) is 32.4. The maximum absolute atomic E-state index is 6.96. The van der Waals surface area contributed by atoms with Crippen LogP contribution in [-0.2, 0) is 21.7 Å². The quantitative estimate of drug-likeness (QED) is 0.153. The lowest BCUT2D eigenvalue weighted by Gasteiger charge is -2.42. The summed E-state index contributed by atoms with van der Waals surface area (Å²) in [6.07, 6.45) is 0. The summed E-state index contributed by atoms with van der Waals surface area (Å²) in [5.41, 5.74) is 22.7. The Labute approximate surface area is 403 Å². The second kappa shape index (κ2) is 12.9. The average Bonchev–Trinajstić information content (AvgIpc) is 4.03. The Morgan fingerprint density at radius 1 is 0.529 bits per heavy atom. The van der Waals surface area contributed by atoms with Crippen LogP contribution >= 0.6 is 11.3 Å². The van der Waals surface area contributed by atoms with Crippen LogP contribution in [0.25, 0.3) is 91.9 Å². The molecular weight excluding hydrogens is 844 g/mol. The first-order valence-corrected chi connectivity index (χ1v) is 25.3. The van der Waals surface area contributed by atoms with Crippen molar-refractivity contribution in [2.45, 2.75) is 97.8 Å². The normalized spacial score (nSPS) is 15.0. The van der Waals surface area contributed by atoms with E-state index in [4.69, 9.17) is 4.42 Å². The fourth-order valence-electron chi connectivity index (χ4n) is 12.6. The van der Waals surface area contributed by atoms with Crippen LogP contribution in [0, 0.1) is 0 Å². The number of aromatic nitrogens is 1. The van der Waals surface area contributed by atoms with E-state index in [0.717, 1.165) is 16.6 Å². The number of anilines is 2. The Bertz CT molecular complexity index is 4060. The van der Waals surface area contributed by atoms with E-state index in [-0.39, 0.29) is 28.5 Å². The molecule has 0 fully saturated rings. The molecular formula is C63H55BN2OS. The highest BCUT2D eigenvalue weighted by Gasteiger charge is 2.48. The molecule has 2 aliphatic heterocycles. The first-order valence-electron chi connectivity index (χ1n) is 24.5. The van der Waals surface area contributed by atoms with Gasteiger partial charge in [-0.05, 0) is 132 Å². The minimum absolute atomic E-state index is 0.00585. The zero-order valence-electron chi connectivity index (χ0n) is 41.0. The van der Waals surface area contributed by atoms with Gasteiger partial charge >= 0.3 is 6.85 Å². The molecule has 0 unspecified atom stereocenters. The minimum Gasteiger partial charge on any atom is -0.456 e. The molecule has 5 heteroatoms. The summed E-state index contributed by atoms with van der Waals surface area (Å²) in [5.74, 6) is 0. The minimum atomic E-state index is -0.162. The van der Waals surface area contributed by atoms with E-state index in [1.807, 2.05) is 11.3 Å². The number of benzene rings is 8. The van der Waals surface area contributed by atoms with Gasteiger partial charge in [-0.25, -0.2) is 0 Å². The van der Waals surface area contributed by atoms with Crippen LogP contribution in [-0.4, -0.2) is 11.4 Å². The molecule has 0 saturated heterocycles. The molecule has 14 rings (SSSR count). The highest BCUT2D eigenvalue weighted by molar-refractivity contribution is 7.27. The van der Waals surface area contributed by atoms with Gasteiger partial charge in [0.05, 0.1) is 11.0 Å². The highest BCUT2D eigenvalue weighted by atomic mass is 32.1. The Morgan fingerprint density at radius 3 is 1.94 bits per heavy atom. The molecule has 8 aromatic carbocycles. The number of nitrogens with zero attached hydrogens (tertiary/aromatic N) is 2. The molecule has 0 amide bonds. The third kappa shape index (κ3) is 5.21. The van der Waals surface area contributed by atoms with Crippen LogP contribution < -0.4 is 15.7 Å². The van der Waals surface area contributed by atoms with Crippen LogP contribution in [0.4, 0.5) is 11.4 Å². The van der Waals surface area contributed by atoms with Crippen molar-refractivity contribution < 1.29 is 4.42 Å². The van der Waals surface area contributed by atoms with E-state index in [1.165, 1.54) is 125 Å². The van der Waals surface area contributed by atoms with Crippen molar-refractivity contribution in [3.8, 4) is 27.9 Å². The fraction of sp³-hybridized carbons (Fsp3) is 0.238. The number of hydrogen-bond donors (Lipinski definition) is 0. The molecule has 3 aliphatic rings. The Balaban J connectivity index is 1.22. The van der Waals surface area contributed by atoms with E-state index in [9.17, 15) is 0 Å². The van der Waals surface area contributed by atoms with Crippen LogP contribution in [0.3, 0.4) is 0 Å². The monoisotopic (exact) mass is 898 g/mol. The summed E-state index contributed by atoms with van der Waals surface area (Å²) in [6, 6.07) is 52.1. The smallest absolute Gasteiger partial charge is 0.333 e. The van der Waals surface area contributed by atoms with Gasteiger partial charge in [-0.1, -0.05) is 149 Å².